The van der Waals surface area contributed by atoms with Gasteiger partial charge in [0.15, 0.2) is 0 Å². The number of carbonyl (C=O) groups is 2. The van der Waals surface area contributed by atoms with Crippen LogP contribution in [0.1, 0.15) is 12.0 Å². The number of carboxylic acid groups (broad SMARTS) is 1. The van der Waals surface area contributed by atoms with Crippen LogP contribution in [0.25, 0.3) is 10.4 Å². The van der Waals surface area contributed by atoms with E-state index in [0.29, 0.717) is 41.8 Å². The van der Waals surface area contributed by atoms with Crippen LogP contribution in [0.15, 0.2) is 70.9 Å². The highest BCUT2D eigenvalue weighted by atomic mass is 35.5. The van der Waals surface area contributed by atoms with Gasteiger partial charge < -0.3 is 20.1 Å². The monoisotopic (exact) mass is 575 g/mol. The first-order valence-corrected chi connectivity index (χ1v) is 14.6. The zero-order valence-electron chi connectivity index (χ0n) is 20.2. The molecule has 0 radical (unpaired) electrons. The van der Waals surface area contributed by atoms with Gasteiger partial charge in [0.05, 0.1) is 13.2 Å². The molecule has 2 heterocycles. The molecule has 2 atom stereocenters. The number of rotatable bonds is 8. The molecule has 2 aliphatic rings. The minimum atomic E-state index is -4.21. The Morgan fingerprint density at radius 1 is 1.03 bits per heavy atom. The number of morpholine rings is 1. The van der Waals surface area contributed by atoms with Gasteiger partial charge in [0.1, 0.15) is 9.75 Å². The third-order valence-electron chi connectivity index (χ3n) is 7.07. The van der Waals surface area contributed by atoms with Gasteiger partial charge in [-0.25, -0.2) is 13.2 Å². The van der Waals surface area contributed by atoms with Crippen LogP contribution in [0.2, 0.25) is 5.02 Å². The fourth-order valence-corrected chi connectivity index (χ4v) is 7.77. The third kappa shape index (κ3) is 4.92. The molecular weight excluding hydrogens is 550 g/mol. The molecule has 1 aliphatic heterocycles. The van der Waals surface area contributed by atoms with E-state index in [4.69, 9.17) is 16.3 Å². The Labute approximate surface area is 229 Å². The number of aliphatic carboxylic acids is 1. The smallest absolute Gasteiger partial charge is 0.325 e. The Hall–Kier alpha value is -2.96. The standard InChI is InChI=1S/C26H26ClN3O6S2/c27-20-8-6-18(7-9-20)21-10-11-22(37-21)38(34,35)29-26(23(31)32)16-25(26,19-4-2-1-3-5-19)17-28-24(33)30-12-14-36-15-13-30/h1-11,29H,12-17H2,(H,28,33)(H,31,32)/t25-,26+/m1/s1. The number of urea groups is 1. The number of nitrogens with one attached hydrogen (secondary N) is 2. The van der Waals surface area contributed by atoms with Gasteiger partial charge in [-0.3, -0.25) is 4.79 Å². The van der Waals surface area contributed by atoms with Gasteiger partial charge in [-0.05, 0) is 41.8 Å². The number of nitrogens with zero attached hydrogens (tertiary/aromatic N) is 1. The van der Waals surface area contributed by atoms with Crippen molar-refractivity contribution in [3.05, 3.63) is 77.3 Å². The van der Waals surface area contributed by atoms with Crippen LogP contribution >= 0.6 is 22.9 Å². The first-order valence-electron chi connectivity index (χ1n) is 12.0. The van der Waals surface area contributed by atoms with Gasteiger partial charge >= 0.3 is 12.0 Å². The van der Waals surface area contributed by atoms with Crippen molar-refractivity contribution in [3.8, 4) is 10.4 Å². The van der Waals surface area contributed by atoms with Crippen LogP contribution in [0.3, 0.4) is 0 Å². The SMILES string of the molecule is O=C(NC[C@@]1(c2ccccc2)C[C@]1(NS(=O)(=O)c1ccc(-c2ccc(Cl)cc2)s1)C(=O)O)N1CCOCC1. The molecule has 38 heavy (non-hydrogen) atoms. The molecule has 3 aromatic rings. The predicted molar refractivity (Wildman–Crippen MR) is 144 cm³/mol. The number of carboxylic acids is 1. The molecule has 9 nitrogen and oxygen atoms in total. The fraction of sp³-hybridized carbons (Fsp3) is 0.308. The molecule has 5 rings (SSSR count). The van der Waals surface area contributed by atoms with Gasteiger partial charge in [-0.1, -0.05) is 54.1 Å². The average molecular weight is 576 g/mol. The van der Waals surface area contributed by atoms with Crippen LogP contribution in [-0.2, 0) is 25.0 Å². The average Bonchev–Trinajstić information content (AvgIpc) is 3.29. The summed E-state index contributed by atoms with van der Waals surface area (Å²) in [6.07, 6.45) is -0.0165. The number of ether oxygens (including phenoxy) is 1. The molecular formula is C26H26ClN3O6S2. The van der Waals surface area contributed by atoms with E-state index in [1.807, 2.05) is 0 Å². The Morgan fingerprint density at radius 2 is 1.71 bits per heavy atom. The summed E-state index contributed by atoms with van der Waals surface area (Å²) in [5.41, 5.74) is -1.59. The van der Waals surface area contributed by atoms with E-state index >= 15 is 0 Å². The van der Waals surface area contributed by atoms with E-state index in [0.717, 1.165) is 16.9 Å². The van der Waals surface area contributed by atoms with Gasteiger partial charge in [0.25, 0.3) is 10.0 Å². The van der Waals surface area contributed by atoms with E-state index < -0.39 is 26.9 Å². The van der Waals surface area contributed by atoms with Crippen molar-refractivity contribution >= 4 is 45.0 Å². The topological polar surface area (TPSA) is 125 Å². The molecule has 1 saturated heterocycles. The highest BCUT2D eigenvalue weighted by molar-refractivity contribution is 7.91. The largest absolute Gasteiger partial charge is 0.480 e. The lowest BCUT2D eigenvalue weighted by Gasteiger charge is -2.29. The molecule has 2 fully saturated rings. The Kier molecular flexibility index (Phi) is 7.23. The second-order valence-corrected chi connectivity index (χ2v) is 12.8. The molecule has 1 saturated carbocycles. The molecule has 12 heteroatoms. The molecule has 200 valence electrons. The summed E-state index contributed by atoms with van der Waals surface area (Å²) in [6.45, 7) is 1.65. The zero-order valence-corrected chi connectivity index (χ0v) is 22.6. The number of amides is 2. The van der Waals surface area contributed by atoms with Gasteiger partial charge in [-0.2, -0.15) is 4.72 Å². The quantitative estimate of drug-likeness (QED) is 0.377. The van der Waals surface area contributed by atoms with E-state index in [1.54, 1.807) is 65.6 Å². The van der Waals surface area contributed by atoms with Gasteiger partial charge in [0, 0.05) is 34.9 Å². The number of sulfonamides is 1. The van der Waals surface area contributed by atoms with Crippen LogP contribution in [0.4, 0.5) is 4.79 Å². The Balaban J connectivity index is 1.43. The van der Waals surface area contributed by atoms with Crippen molar-refractivity contribution in [1.29, 1.82) is 0 Å². The maximum atomic E-state index is 13.5. The molecule has 2 amide bonds. The third-order valence-corrected chi connectivity index (χ3v) is 10.4. The first kappa shape index (κ1) is 26.6. The number of benzene rings is 2. The lowest BCUT2D eigenvalue weighted by atomic mass is 9.90. The number of thiophene rings is 1. The van der Waals surface area contributed by atoms with E-state index in [-0.39, 0.29) is 23.2 Å². The second-order valence-electron chi connectivity index (χ2n) is 9.32. The van der Waals surface area contributed by atoms with Crippen molar-refractivity contribution < 1.29 is 27.9 Å². The number of hydrogen-bond acceptors (Lipinski definition) is 6. The predicted octanol–water partition coefficient (Wildman–Crippen LogP) is 3.55. The van der Waals surface area contributed by atoms with Crippen molar-refractivity contribution in [2.24, 2.45) is 0 Å². The normalized spacial score (nSPS) is 23.1. The second kappa shape index (κ2) is 10.3. The van der Waals surface area contributed by atoms with E-state index in [9.17, 15) is 23.1 Å². The zero-order chi connectivity index (χ0) is 27.0. The summed E-state index contributed by atoms with van der Waals surface area (Å²) in [4.78, 5) is 27.8. The molecule has 1 aromatic heterocycles. The maximum Gasteiger partial charge on any atom is 0.325 e. The number of halogens is 1. The lowest BCUT2D eigenvalue weighted by molar-refractivity contribution is -0.140. The first-order chi connectivity index (χ1) is 18.2. The Bertz CT molecular complexity index is 1440. The van der Waals surface area contributed by atoms with Crippen molar-refractivity contribution in [2.45, 2.75) is 21.6 Å². The minimum absolute atomic E-state index is 0.00529. The molecule has 0 spiro atoms. The fourth-order valence-electron chi connectivity index (χ4n) is 4.91. The van der Waals surface area contributed by atoms with Crippen LogP contribution in [0.5, 0.6) is 0 Å². The molecule has 1 aliphatic carbocycles. The lowest BCUT2D eigenvalue weighted by Crippen LogP contribution is -2.53. The molecule has 3 N–H and O–H groups in total. The molecule has 2 aromatic carbocycles. The summed E-state index contributed by atoms with van der Waals surface area (Å²) in [5, 5.41) is 13.8. The summed E-state index contributed by atoms with van der Waals surface area (Å²) in [5.74, 6) is -1.31. The highest BCUT2D eigenvalue weighted by Gasteiger charge is 2.75. The van der Waals surface area contributed by atoms with Gasteiger partial charge in [-0.15, -0.1) is 11.3 Å². The van der Waals surface area contributed by atoms with Crippen molar-refractivity contribution in [2.75, 3.05) is 32.8 Å². The minimum Gasteiger partial charge on any atom is -0.480 e. The molecule has 0 unspecified atom stereocenters. The van der Waals surface area contributed by atoms with E-state index in [2.05, 4.69) is 10.0 Å². The highest BCUT2D eigenvalue weighted by Crippen LogP contribution is 2.58. The summed E-state index contributed by atoms with van der Waals surface area (Å²) in [7, 11) is -4.21. The molecule has 0 bridgehead atoms. The van der Waals surface area contributed by atoms with Crippen molar-refractivity contribution in [1.82, 2.24) is 14.9 Å². The maximum absolute atomic E-state index is 13.5. The van der Waals surface area contributed by atoms with Crippen LogP contribution < -0.4 is 10.0 Å². The number of carbonyl (C=O) groups excluding carboxylic acids is 1. The van der Waals surface area contributed by atoms with Crippen LogP contribution in [0, 0.1) is 0 Å². The number of hydrogen-bond donors (Lipinski definition) is 3. The summed E-state index contributed by atoms with van der Waals surface area (Å²) < 4.78 is 34.8. The van der Waals surface area contributed by atoms with Crippen molar-refractivity contribution in [3.63, 3.8) is 0 Å². The summed E-state index contributed by atoms with van der Waals surface area (Å²) in [6, 6.07) is 18.6. The Morgan fingerprint density at radius 3 is 2.37 bits per heavy atom. The summed E-state index contributed by atoms with van der Waals surface area (Å²) >= 11 is 7.00. The van der Waals surface area contributed by atoms with E-state index in [1.165, 1.54) is 6.07 Å². The van der Waals surface area contributed by atoms with Crippen LogP contribution in [-0.4, -0.2) is 68.8 Å². The van der Waals surface area contributed by atoms with Gasteiger partial charge in [0.2, 0.25) is 0 Å².